The molecule has 0 spiro atoms. The molecule has 0 aromatic heterocycles. The summed E-state index contributed by atoms with van der Waals surface area (Å²) in [6.07, 6.45) is 0.681. The van der Waals surface area contributed by atoms with Crippen molar-refractivity contribution < 1.29 is 9.53 Å². The highest BCUT2D eigenvalue weighted by Gasteiger charge is 2.29. The molecule has 1 saturated heterocycles. The minimum Gasteiger partial charge on any atom is -0.453 e. The zero-order chi connectivity index (χ0) is 12.8. The minimum absolute atomic E-state index is 0.176. The van der Waals surface area contributed by atoms with Crippen LogP contribution in [0.5, 0.6) is 0 Å². The van der Waals surface area contributed by atoms with E-state index in [0.717, 1.165) is 26.1 Å². The number of piperidine rings is 1. The summed E-state index contributed by atoms with van der Waals surface area (Å²) in [7, 11) is 1.40. The van der Waals surface area contributed by atoms with E-state index in [2.05, 4.69) is 28.8 Å². The first-order chi connectivity index (χ1) is 8.06. The van der Waals surface area contributed by atoms with Crippen LogP contribution in [0, 0.1) is 11.8 Å². The molecule has 0 radical (unpaired) electrons. The maximum Gasteiger partial charge on any atom is 0.407 e. The first-order valence-electron chi connectivity index (χ1n) is 6.33. The molecule has 1 aliphatic heterocycles. The third-order valence-electron chi connectivity index (χ3n) is 3.45. The van der Waals surface area contributed by atoms with Crippen molar-refractivity contribution in [3.8, 4) is 0 Å². The highest BCUT2D eigenvalue weighted by molar-refractivity contribution is 5.67. The number of likely N-dealkylation sites (tertiary alicyclic amines) is 1. The van der Waals surface area contributed by atoms with Gasteiger partial charge in [-0.25, -0.2) is 4.79 Å². The molecular weight excluding hydrogens is 218 g/mol. The van der Waals surface area contributed by atoms with Gasteiger partial charge >= 0.3 is 6.09 Å². The van der Waals surface area contributed by atoms with E-state index < -0.39 is 0 Å². The van der Waals surface area contributed by atoms with Gasteiger partial charge in [0.05, 0.1) is 7.11 Å². The van der Waals surface area contributed by atoms with Crippen LogP contribution in [-0.2, 0) is 4.74 Å². The molecule has 0 bridgehead atoms. The molecule has 5 heteroatoms. The normalized spacial score (nSPS) is 25.9. The second-order valence-corrected chi connectivity index (χ2v) is 5.12. The van der Waals surface area contributed by atoms with Crippen molar-refractivity contribution in [2.24, 2.45) is 17.6 Å². The number of carbonyl (C=O) groups excluding carboxylic acids is 1. The minimum atomic E-state index is -0.341. The van der Waals surface area contributed by atoms with Gasteiger partial charge in [0.25, 0.3) is 0 Å². The average molecular weight is 243 g/mol. The number of carbonyl (C=O) groups is 1. The number of hydrogen-bond acceptors (Lipinski definition) is 4. The predicted octanol–water partition coefficient (Wildman–Crippen LogP) is 0.648. The molecule has 0 aromatic carbocycles. The van der Waals surface area contributed by atoms with E-state index in [4.69, 9.17) is 5.73 Å². The van der Waals surface area contributed by atoms with Gasteiger partial charge in [0, 0.05) is 32.2 Å². The van der Waals surface area contributed by atoms with Crippen LogP contribution < -0.4 is 11.1 Å². The lowest BCUT2D eigenvalue weighted by Crippen LogP contribution is -2.52. The zero-order valence-electron chi connectivity index (χ0n) is 11.1. The van der Waals surface area contributed by atoms with Crippen molar-refractivity contribution in [2.45, 2.75) is 26.3 Å². The number of amides is 1. The number of rotatable bonds is 4. The lowest BCUT2D eigenvalue weighted by atomic mass is 9.85. The van der Waals surface area contributed by atoms with Crippen molar-refractivity contribution in [3.05, 3.63) is 0 Å². The fourth-order valence-electron chi connectivity index (χ4n) is 2.41. The smallest absolute Gasteiger partial charge is 0.407 e. The van der Waals surface area contributed by atoms with E-state index in [9.17, 15) is 4.79 Å². The van der Waals surface area contributed by atoms with Crippen LogP contribution in [0.15, 0.2) is 0 Å². The lowest BCUT2D eigenvalue weighted by Gasteiger charge is -2.39. The van der Waals surface area contributed by atoms with E-state index in [1.165, 1.54) is 7.11 Å². The summed E-state index contributed by atoms with van der Waals surface area (Å²) in [4.78, 5) is 13.6. The van der Waals surface area contributed by atoms with Gasteiger partial charge < -0.3 is 15.8 Å². The van der Waals surface area contributed by atoms with Gasteiger partial charge in [0.15, 0.2) is 0 Å². The van der Waals surface area contributed by atoms with Gasteiger partial charge in [-0.3, -0.25) is 4.90 Å². The Balaban J connectivity index is 2.55. The fraction of sp³-hybridized carbons (Fsp3) is 0.917. The molecule has 100 valence electrons. The van der Waals surface area contributed by atoms with Crippen LogP contribution in [0.3, 0.4) is 0 Å². The molecule has 0 aromatic rings. The van der Waals surface area contributed by atoms with Gasteiger partial charge in [-0.15, -0.1) is 0 Å². The Hall–Kier alpha value is -0.810. The quantitative estimate of drug-likeness (QED) is 0.760. The third kappa shape index (κ3) is 4.52. The van der Waals surface area contributed by atoms with E-state index in [1.54, 1.807) is 0 Å². The topological polar surface area (TPSA) is 67.6 Å². The number of alkyl carbamates (subject to hydrolysis) is 1. The maximum absolute atomic E-state index is 11.2. The summed E-state index contributed by atoms with van der Waals surface area (Å²) in [5.41, 5.74) is 5.60. The second-order valence-electron chi connectivity index (χ2n) is 5.12. The summed E-state index contributed by atoms with van der Waals surface area (Å²) in [5, 5.41) is 2.90. The molecule has 1 rings (SSSR count). The van der Waals surface area contributed by atoms with Gasteiger partial charge in [-0.05, 0) is 18.3 Å². The van der Waals surface area contributed by atoms with Gasteiger partial charge in [-0.1, -0.05) is 13.8 Å². The Morgan fingerprint density at radius 3 is 2.76 bits per heavy atom. The number of nitrogens with two attached hydrogens (primary N) is 1. The summed E-state index contributed by atoms with van der Waals surface area (Å²) in [6, 6.07) is 0.176. The molecule has 0 aliphatic carbocycles. The van der Waals surface area contributed by atoms with Crippen LogP contribution in [0.4, 0.5) is 4.79 Å². The molecule has 0 saturated carbocycles. The van der Waals surface area contributed by atoms with Gasteiger partial charge in [0.1, 0.15) is 0 Å². The second kappa shape index (κ2) is 6.81. The Morgan fingerprint density at radius 1 is 1.53 bits per heavy atom. The van der Waals surface area contributed by atoms with Crippen LogP contribution in [-0.4, -0.2) is 50.3 Å². The monoisotopic (exact) mass is 243 g/mol. The van der Waals surface area contributed by atoms with Crippen LogP contribution in [0.1, 0.15) is 20.3 Å². The summed E-state index contributed by atoms with van der Waals surface area (Å²) < 4.78 is 4.65. The van der Waals surface area contributed by atoms with Gasteiger partial charge in [-0.2, -0.15) is 0 Å². The van der Waals surface area contributed by atoms with Crippen molar-refractivity contribution in [1.82, 2.24) is 10.2 Å². The predicted molar refractivity (Wildman–Crippen MR) is 67.8 cm³/mol. The first kappa shape index (κ1) is 14.3. The maximum atomic E-state index is 11.2. The highest BCUT2D eigenvalue weighted by atomic mass is 16.5. The lowest BCUT2D eigenvalue weighted by molar-refractivity contribution is 0.109. The fourth-order valence-corrected chi connectivity index (χ4v) is 2.41. The zero-order valence-corrected chi connectivity index (χ0v) is 11.1. The molecule has 5 nitrogen and oxygen atoms in total. The molecule has 1 fully saturated rings. The SMILES string of the molecule is COC(=O)NC1CC(C(C)C)CN(CCN)C1. The number of methoxy groups -OCH3 is 1. The van der Waals surface area contributed by atoms with Crippen LogP contribution >= 0.6 is 0 Å². The van der Waals surface area contributed by atoms with E-state index in [0.29, 0.717) is 18.4 Å². The third-order valence-corrected chi connectivity index (χ3v) is 3.45. The molecular formula is C12H25N3O2. The number of hydrogen-bond donors (Lipinski definition) is 2. The van der Waals surface area contributed by atoms with Gasteiger partial charge in [0.2, 0.25) is 0 Å². The Kier molecular flexibility index (Phi) is 5.71. The van der Waals surface area contributed by atoms with Crippen LogP contribution in [0.2, 0.25) is 0 Å². The highest BCUT2D eigenvalue weighted by Crippen LogP contribution is 2.23. The molecule has 2 atom stereocenters. The number of ether oxygens (including phenoxy) is 1. The van der Waals surface area contributed by atoms with Crippen molar-refractivity contribution >= 4 is 6.09 Å². The summed E-state index contributed by atoms with van der Waals surface area (Å²) in [6.45, 7) is 7.96. The van der Waals surface area contributed by atoms with E-state index >= 15 is 0 Å². The molecule has 3 N–H and O–H groups in total. The Bertz CT molecular complexity index is 246. The molecule has 1 heterocycles. The van der Waals surface area contributed by atoms with Crippen molar-refractivity contribution in [2.75, 3.05) is 33.3 Å². The van der Waals surface area contributed by atoms with E-state index in [-0.39, 0.29) is 12.1 Å². The Morgan fingerprint density at radius 2 is 2.24 bits per heavy atom. The first-order valence-corrected chi connectivity index (χ1v) is 6.33. The standard InChI is InChI=1S/C12H25N3O2/c1-9(2)10-6-11(14-12(16)17-3)8-15(7-10)5-4-13/h9-11H,4-8,13H2,1-3H3,(H,14,16). The molecule has 17 heavy (non-hydrogen) atoms. The largest absolute Gasteiger partial charge is 0.453 e. The average Bonchev–Trinajstić information content (AvgIpc) is 2.29. The summed E-state index contributed by atoms with van der Waals surface area (Å²) in [5.74, 6) is 1.23. The summed E-state index contributed by atoms with van der Waals surface area (Å²) >= 11 is 0. The van der Waals surface area contributed by atoms with Crippen molar-refractivity contribution in [3.63, 3.8) is 0 Å². The molecule has 1 amide bonds. The van der Waals surface area contributed by atoms with E-state index in [1.807, 2.05) is 0 Å². The molecule has 1 aliphatic rings. The molecule has 2 unspecified atom stereocenters. The number of nitrogens with zero attached hydrogens (tertiary/aromatic N) is 1. The van der Waals surface area contributed by atoms with Crippen LogP contribution in [0.25, 0.3) is 0 Å². The Labute approximate surface area is 104 Å². The number of nitrogens with one attached hydrogen (secondary N) is 1. The van der Waals surface area contributed by atoms with Crippen molar-refractivity contribution in [1.29, 1.82) is 0 Å².